The Balaban J connectivity index is 2.46. The molecule has 0 aliphatic heterocycles. The van der Waals surface area contributed by atoms with Crippen LogP contribution >= 0.6 is 23.2 Å². The van der Waals surface area contributed by atoms with Crippen LogP contribution in [0.1, 0.15) is 0 Å². The maximum absolute atomic E-state index is 5.65. The summed E-state index contributed by atoms with van der Waals surface area (Å²) in [6.45, 7) is 1.45. The lowest BCUT2D eigenvalue weighted by molar-refractivity contribution is 0.248. The zero-order valence-electron chi connectivity index (χ0n) is 7.87. The second-order valence-corrected chi connectivity index (χ2v) is 3.52. The van der Waals surface area contributed by atoms with Crippen LogP contribution in [0.2, 0.25) is 0 Å². The minimum absolute atomic E-state index is 0.563. The van der Waals surface area contributed by atoms with Gasteiger partial charge in [-0.15, -0.1) is 23.2 Å². The summed E-state index contributed by atoms with van der Waals surface area (Å²) in [6.07, 6.45) is 0. The Bertz CT molecular complexity index is 235. The van der Waals surface area contributed by atoms with Gasteiger partial charge in [-0.3, -0.25) is 0 Å². The largest absolute Gasteiger partial charge is 0.200 e. The zero-order valence-corrected chi connectivity index (χ0v) is 9.38. The van der Waals surface area contributed by atoms with E-state index < -0.39 is 0 Å². The van der Waals surface area contributed by atoms with Crippen LogP contribution in [0.3, 0.4) is 0 Å². The minimum Gasteiger partial charge on any atom is -0.200 e. The summed E-state index contributed by atoms with van der Waals surface area (Å²) in [6, 6.07) is 9.79. The van der Waals surface area contributed by atoms with Crippen LogP contribution in [-0.4, -0.2) is 29.9 Å². The molecule has 0 bridgehead atoms. The van der Waals surface area contributed by atoms with E-state index in [2.05, 4.69) is 5.43 Å². The number of benzene rings is 1. The van der Waals surface area contributed by atoms with Gasteiger partial charge in [-0.05, 0) is 12.1 Å². The monoisotopic (exact) mass is 231 g/mol. The van der Waals surface area contributed by atoms with E-state index in [1.165, 1.54) is 0 Å². The van der Waals surface area contributed by atoms with E-state index in [1.807, 2.05) is 35.3 Å². The molecule has 1 radical (unpaired) electrons. The molecule has 0 spiro atoms. The number of alkyl halides is 2. The van der Waals surface area contributed by atoms with Gasteiger partial charge in [-0.25, -0.2) is 0 Å². The lowest BCUT2D eigenvalue weighted by Gasteiger charge is -2.18. The molecule has 1 aromatic rings. The molecule has 4 heteroatoms. The molecule has 1 rings (SSSR count). The molecule has 1 aromatic carbocycles. The normalized spacial score (nSPS) is 10.5. The van der Waals surface area contributed by atoms with Crippen LogP contribution in [0.4, 0.5) is 5.69 Å². The molecule has 0 saturated heterocycles. The predicted octanol–water partition coefficient (Wildman–Crippen LogP) is 2.62. The summed E-state index contributed by atoms with van der Waals surface area (Å²) < 4.78 is 0. The van der Waals surface area contributed by atoms with Crippen molar-refractivity contribution < 1.29 is 0 Å². The lowest BCUT2D eigenvalue weighted by atomic mass is 10.3. The number of nitrogens with zero attached hydrogens (tertiary/aromatic N) is 2. The van der Waals surface area contributed by atoms with Crippen LogP contribution in [-0.2, 0) is 0 Å². The molecule has 0 unspecified atom stereocenters. The van der Waals surface area contributed by atoms with E-state index in [0.717, 1.165) is 18.8 Å². The highest BCUT2D eigenvalue weighted by atomic mass is 35.5. The molecule has 0 atom stereocenters. The Morgan fingerprint density at radius 1 is 1.00 bits per heavy atom. The number of halogens is 2. The van der Waals surface area contributed by atoms with Gasteiger partial charge in [0.05, 0.1) is 5.69 Å². The van der Waals surface area contributed by atoms with Crippen molar-refractivity contribution >= 4 is 28.9 Å². The number of rotatable bonds is 6. The van der Waals surface area contributed by atoms with E-state index in [0.29, 0.717) is 11.8 Å². The number of hydrogen-bond donors (Lipinski definition) is 0. The molecular formula is C10H13Cl2N2. The molecule has 0 N–H and O–H groups in total. The van der Waals surface area contributed by atoms with Gasteiger partial charge < -0.3 is 0 Å². The third kappa shape index (κ3) is 4.18. The highest BCUT2D eigenvalue weighted by Crippen LogP contribution is 2.07. The molecule has 0 heterocycles. The van der Waals surface area contributed by atoms with Gasteiger partial charge >= 0.3 is 0 Å². The van der Waals surface area contributed by atoms with E-state index in [-0.39, 0.29) is 0 Å². The fourth-order valence-corrected chi connectivity index (χ4v) is 1.46. The Labute approximate surface area is 94.8 Å². The second kappa shape index (κ2) is 6.93. The van der Waals surface area contributed by atoms with Gasteiger partial charge in [0.2, 0.25) is 0 Å². The molecule has 2 nitrogen and oxygen atoms in total. The van der Waals surface area contributed by atoms with Crippen molar-refractivity contribution in [1.82, 2.24) is 10.4 Å². The molecule has 0 fully saturated rings. The molecular weight excluding hydrogens is 219 g/mol. The Morgan fingerprint density at radius 3 is 2.07 bits per heavy atom. The lowest BCUT2D eigenvalue weighted by Crippen LogP contribution is -2.32. The molecule has 77 valence electrons. The van der Waals surface area contributed by atoms with Crippen LogP contribution in [0.25, 0.3) is 0 Å². The first kappa shape index (κ1) is 11.6. The van der Waals surface area contributed by atoms with E-state index in [1.54, 1.807) is 0 Å². The standard InChI is InChI=1S/C10H13Cl2N2/c11-6-8-14(9-7-12)13-10-4-2-1-3-5-10/h1-5H,6-9H2. The van der Waals surface area contributed by atoms with E-state index >= 15 is 0 Å². The first-order chi connectivity index (χ1) is 6.86. The Morgan fingerprint density at radius 2 is 1.57 bits per heavy atom. The highest BCUT2D eigenvalue weighted by molar-refractivity contribution is 6.18. The highest BCUT2D eigenvalue weighted by Gasteiger charge is 2.04. The van der Waals surface area contributed by atoms with Crippen molar-refractivity contribution in [3.8, 4) is 0 Å². The van der Waals surface area contributed by atoms with Crippen LogP contribution in [0, 0.1) is 0 Å². The third-order valence-electron chi connectivity index (χ3n) is 1.70. The van der Waals surface area contributed by atoms with Crippen molar-refractivity contribution in [2.45, 2.75) is 0 Å². The summed E-state index contributed by atoms with van der Waals surface area (Å²) >= 11 is 11.3. The number of hydrogen-bond acceptors (Lipinski definition) is 1. The predicted molar refractivity (Wildman–Crippen MR) is 61.2 cm³/mol. The molecule has 0 amide bonds. The van der Waals surface area contributed by atoms with E-state index in [4.69, 9.17) is 23.2 Å². The van der Waals surface area contributed by atoms with Gasteiger partial charge in [0.1, 0.15) is 0 Å². The third-order valence-corrected chi connectivity index (χ3v) is 2.04. The first-order valence-electron chi connectivity index (χ1n) is 4.50. The molecule has 14 heavy (non-hydrogen) atoms. The van der Waals surface area contributed by atoms with Crippen LogP contribution in [0.15, 0.2) is 30.3 Å². The topological polar surface area (TPSA) is 17.3 Å². The van der Waals surface area contributed by atoms with Gasteiger partial charge in [-0.1, -0.05) is 18.2 Å². The summed E-state index contributed by atoms with van der Waals surface area (Å²) in [4.78, 5) is 0. The van der Waals surface area contributed by atoms with Gasteiger partial charge in [0, 0.05) is 24.8 Å². The summed E-state index contributed by atoms with van der Waals surface area (Å²) in [5.41, 5.74) is 5.34. The average Bonchev–Trinajstić information content (AvgIpc) is 2.20. The molecule has 0 aromatic heterocycles. The summed E-state index contributed by atoms with van der Waals surface area (Å²) in [5.74, 6) is 1.13. The molecule has 0 saturated carbocycles. The van der Waals surface area contributed by atoms with Crippen LogP contribution < -0.4 is 5.43 Å². The fourth-order valence-electron chi connectivity index (χ4n) is 1.06. The van der Waals surface area contributed by atoms with Gasteiger partial charge in [-0.2, -0.15) is 10.4 Å². The van der Waals surface area contributed by atoms with Crippen molar-refractivity contribution in [2.75, 3.05) is 24.8 Å². The van der Waals surface area contributed by atoms with Gasteiger partial charge in [0.25, 0.3) is 0 Å². The molecule has 0 aliphatic rings. The van der Waals surface area contributed by atoms with Gasteiger partial charge in [0.15, 0.2) is 0 Å². The first-order valence-corrected chi connectivity index (χ1v) is 5.57. The van der Waals surface area contributed by atoms with Crippen molar-refractivity contribution in [3.63, 3.8) is 0 Å². The maximum atomic E-state index is 5.65. The second-order valence-electron chi connectivity index (χ2n) is 2.77. The Kier molecular flexibility index (Phi) is 5.76. The summed E-state index contributed by atoms with van der Waals surface area (Å²) in [7, 11) is 0. The fraction of sp³-hybridized carbons (Fsp3) is 0.400. The molecule has 0 aliphatic carbocycles. The van der Waals surface area contributed by atoms with Crippen molar-refractivity contribution in [1.29, 1.82) is 0 Å². The zero-order chi connectivity index (χ0) is 10.2. The Hall–Kier alpha value is -0.440. The quantitative estimate of drug-likeness (QED) is 0.544. The summed E-state index contributed by atoms with van der Waals surface area (Å²) in [5, 5.41) is 1.88. The van der Waals surface area contributed by atoms with Crippen LogP contribution in [0.5, 0.6) is 0 Å². The van der Waals surface area contributed by atoms with E-state index in [9.17, 15) is 0 Å². The average molecular weight is 232 g/mol. The SMILES string of the molecule is ClCCN(CCCl)[N]c1ccccc1. The maximum Gasteiger partial charge on any atom is 0.0776 e. The van der Waals surface area contributed by atoms with Crippen molar-refractivity contribution in [3.05, 3.63) is 30.3 Å². The minimum atomic E-state index is 0.563. The van der Waals surface area contributed by atoms with Crippen molar-refractivity contribution in [2.24, 2.45) is 0 Å². The smallest absolute Gasteiger partial charge is 0.0776 e.